The molecule has 2 heterocycles. The third-order valence-corrected chi connectivity index (χ3v) is 4.80. The van der Waals surface area contributed by atoms with E-state index in [9.17, 15) is 0 Å². The summed E-state index contributed by atoms with van der Waals surface area (Å²) in [5.74, 6) is 0. The maximum atomic E-state index is 5.71. The lowest BCUT2D eigenvalue weighted by Gasteiger charge is -2.36. The second-order valence-corrected chi connectivity index (χ2v) is 6.34. The Hall–Kier alpha value is -0.380. The van der Waals surface area contributed by atoms with Crippen molar-refractivity contribution >= 4 is 11.3 Å². The van der Waals surface area contributed by atoms with E-state index in [1.165, 1.54) is 29.0 Å². The first-order valence-corrected chi connectivity index (χ1v) is 7.39. The lowest BCUT2D eigenvalue weighted by molar-refractivity contribution is -0.00582. The number of nitrogens with one attached hydrogen (secondary N) is 1. The van der Waals surface area contributed by atoms with Gasteiger partial charge in [-0.15, -0.1) is 11.3 Å². The molecule has 0 amide bonds. The molecule has 96 valence electrons. The summed E-state index contributed by atoms with van der Waals surface area (Å²) in [7, 11) is 2.04. The molecule has 1 unspecified atom stereocenters. The Labute approximate surface area is 108 Å². The van der Waals surface area contributed by atoms with Crippen molar-refractivity contribution in [3.05, 3.63) is 21.9 Å². The molecular weight excluding hydrogens is 230 g/mol. The lowest BCUT2D eigenvalue weighted by atomic mass is 9.79. The van der Waals surface area contributed by atoms with E-state index in [1.54, 1.807) is 0 Å². The van der Waals surface area contributed by atoms with Gasteiger partial charge in [0.2, 0.25) is 0 Å². The molecule has 1 atom stereocenters. The normalized spacial score (nSPS) is 25.1. The molecule has 1 N–H and O–H groups in total. The van der Waals surface area contributed by atoms with Crippen LogP contribution in [0.2, 0.25) is 0 Å². The topological polar surface area (TPSA) is 21.3 Å². The lowest BCUT2D eigenvalue weighted by Crippen LogP contribution is -2.41. The summed E-state index contributed by atoms with van der Waals surface area (Å²) < 4.78 is 5.71. The van der Waals surface area contributed by atoms with Crippen LogP contribution < -0.4 is 5.32 Å². The molecule has 0 saturated carbocycles. The number of hydrogen-bond acceptors (Lipinski definition) is 3. The van der Waals surface area contributed by atoms with Crippen molar-refractivity contribution in [1.82, 2.24) is 5.32 Å². The van der Waals surface area contributed by atoms with E-state index in [4.69, 9.17) is 4.74 Å². The molecule has 0 aliphatic carbocycles. The van der Waals surface area contributed by atoms with Gasteiger partial charge in [0.25, 0.3) is 0 Å². The molecule has 1 aromatic heterocycles. The maximum Gasteiger partial charge on any atom is 0.0538 e. The molecule has 0 radical (unpaired) electrons. The van der Waals surface area contributed by atoms with Crippen LogP contribution in [0.3, 0.4) is 0 Å². The molecular formula is C14H23NOS. The fourth-order valence-electron chi connectivity index (χ4n) is 2.70. The fourth-order valence-corrected chi connectivity index (χ4v) is 3.83. The summed E-state index contributed by atoms with van der Waals surface area (Å²) in [5, 5.41) is 3.34. The van der Waals surface area contributed by atoms with Gasteiger partial charge in [-0.1, -0.05) is 6.92 Å². The van der Waals surface area contributed by atoms with Crippen molar-refractivity contribution in [1.29, 1.82) is 0 Å². The molecule has 2 nitrogen and oxygen atoms in total. The quantitative estimate of drug-likeness (QED) is 0.871. The maximum absolute atomic E-state index is 5.71. The predicted molar refractivity (Wildman–Crippen MR) is 73.8 cm³/mol. The second kappa shape index (κ2) is 5.98. The monoisotopic (exact) mass is 253 g/mol. The Bertz CT molecular complexity index is 336. The van der Waals surface area contributed by atoms with Gasteiger partial charge in [-0.05, 0) is 44.9 Å². The fraction of sp³-hybridized carbons (Fsp3) is 0.714. The summed E-state index contributed by atoms with van der Waals surface area (Å²) in [6, 6.07) is 4.58. The largest absolute Gasteiger partial charge is 0.381 e. The minimum atomic E-state index is 0.322. The zero-order valence-electron chi connectivity index (χ0n) is 10.9. The van der Waals surface area contributed by atoms with Gasteiger partial charge in [0.05, 0.1) is 6.61 Å². The highest BCUT2D eigenvalue weighted by Crippen LogP contribution is 2.34. The molecule has 0 bridgehead atoms. The minimum absolute atomic E-state index is 0.322. The summed E-state index contributed by atoms with van der Waals surface area (Å²) in [4.78, 5) is 3.01. The van der Waals surface area contributed by atoms with Crippen LogP contribution in [0.15, 0.2) is 12.1 Å². The number of rotatable bonds is 5. The predicted octanol–water partition coefficient (Wildman–Crippen LogP) is 2.87. The zero-order valence-corrected chi connectivity index (χ0v) is 11.7. The second-order valence-electron chi connectivity index (χ2n) is 5.08. The highest BCUT2D eigenvalue weighted by Gasteiger charge is 2.32. The standard InChI is InChI=1S/C14H23NOS/c1-3-12-5-6-13(17-12)9-14(10-15-2)7-4-8-16-11-14/h5-6,15H,3-4,7-11H2,1-2H3. The summed E-state index contributed by atoms with van der Waals surface area (Å²) >= 11 is 1.97. The van der Waals surface area contributed by atoms with Crippen LogP contribution in [0.4, 0.5) is 0 Å². The Kier molecular flexibility index (Phi) is 4.60. The average Bonchev–Trinajstić information content (AvgIpc) is 2.78. The van der Waals surface area contributed by atoms with E-state index in [0.29, 0.717) is 5.41 Å². The van der Waals surface area contributed by atoms with Crippen molar-refractivity contribution < 1.29 is 4.74 Å². The molecule has 0 spiro atoms. The Morgan fingerprint density at radius 1 is 1.41 bits per heavy atom. The SMILES string of the molecule is CCc1ccc(CC2(CNC)CCCOC2)s1. The van der Waals surface area contributed by atoms with E-state index in [0.717, 1.165) is 26.2 Å². The first-order chi connectivity index (χ1) is 8.28. The highest BCUT2D eigenvalue weighted by atomic mass is 32.1. The Morgan fingerprint density at radius 2 is 2.24 bits per heavy atom. The molecule has 1 aliphatic heterocycles. The van der Waals surface area contributed by atoms with Crippen molar-refractivity contribution in [2.45, 2.75) is 32.6 Å². The van der Waals surface area contributed by atoms with Gasteiger partial charge in [-0.2, -0.15) is 0 Å². The highest BCUT2D eigenvalue weighted by molar-refractivity contribution is 7.11. The van der Waals surface area contributed by atoms with Gasteiger partial charge >= 0.3 is 0 Å². The third kappa shape index (κ3) is 3.30. The minimum Gasteiger partial charge on any atom is -0.381 e. The van der Waals surface area contributed by atoms with E-state index >= 15 is 0 Å². The first-order valence-electron chi connectivity index (χ1n) is 6.58. The van der Waals surface area contributed by atoms with Crippen LogP contribution in [0.5, 0.6) is 0 Å². The molecule has 17 heavy (non-hydrogen) atoms. The van der Waals surface area contributed by atoms with E-state index < -0.39 is 0 Å². The van der Waals surface area contributed by atoms with Crippen molar-refractivity contribution in [3.63, 3.8) is 0 Å². The smallest absolute Gasteiger partial charge is 0.0538 e. The van der Waals surface area contributed by atoms with Crippen molar-refractivity contribution in [2.75, 3.05) is 26.8 Å². The number of hydrogen-bond donors (Lipinski definition) is 1. The Balaban J connectivity index is 2.05. The zero-order chi connectivity index (χ0) is 12.1. The van der Waals surface area contributed by atoms with Crippen LogP contribution in [0.1, 0.15) is 29.5 Å². The number of thiophene rings is 1. The average molecular weight is 253 g/mol. The van der Waals surface area contributed by atoms with Crippen LogP contribution >= 0.6 is 11.3 Å². The molecule has 1 saturated heterocycles. The summed E-state index contributed by atoms with van der Waals surface area (Å²) in [6.45, 7) is 5.14. The third-order valence-electron chi connectivity index (χ3n) is 3.57. The van der Waals surface area contributed by atoms with Crippen molar-refractivity contribution in [2.24, 2.45) is 5.41 Å². The van der Waals surface area contributed by atoms with Gasteiger partial charge in [-0.3, -0.25) is 0 Å². The number of ether oxygens (including phenoxy) is 1. The van der Waals surface area contributed by atoms with E-state index in [2.05, 4.69) is 24.4 Å². The van der Waals surface area contributed by atoms with Gasteiger partial charge < -0.3 is 10.1 Å². The van der Waals surface area contributed by atoms with E-state index in [-0.39, 0.29) is 0 Å². The molecule has 1 fully saturated rings. The van der Waals surface area contributed by atoms with E-state index in [1.807, 2.05) is 18.4 Å². The number of aryl methyl sites for hydroxylation is 1. The van der Waals surface area contributed by atoms with Crippen LogP contribution in [0.25, 0.3) is 0 Å². The Morgan fingerprint density at radius 3 is 2.82 bits per heavy atom. The summed E-state index contributed by atoms with van der Waals surface area (Å²) in [6.07, 6.45) is 4.81. The molecule has 1 aromatic rings. The van der Waals surface area contributed by atoms with Gasteiger partial charge in [0.15, 0.2) is 0 Å². The molecule has 1 aliphatic rings. The van der Waals surface area contributed by atoms with Crippen LogP contribution in [-0.4, -0.2) is 26.8 Å². The molecule has 3 heteroatoms. The van der Waals surface area contributed by atoms with Gasteiger partial charge in [0, 0.05) is 28.3 Å². The van der Waals surface area contributed by atoms with Crippen LogP contribution in [-0.2, 0) is 17.6 Å². The first kappa shape index (κ1) is 13.1. The summed E-state index contributed by atoms with van der Waals surface area (Å²) in [5.41, 5.74) is 0.322. The van der Waals surface area contributed by atoms with Crippen molar-refractivity contribution in [3.8, 4) is 0 Å². The van der Waals surface area contributed by atoms with Gasteiger partial charge in [-0.25, -0.2) is 0 Å². The van der Waals surface area contributed by atoms with Crippen LogP contribution in [0, 0.1) is 5.41 Å². The molecule has 0 aromatic carbocycles. The van der Waals surface area contributed by atoms with Gasteiger partial charge in [0.1, 0.15) is 0 Å². The molecule has 2 rings (SSSR count).